The fourth-order valence-corrected chi connectivity index (χ4v) is 3.36. The van der Waals surface area contributed by atoms with Crippen molar-refractivity contribution in [2.75, 3.05) is 37.6 Å². The van der Waals surface area contributed by atoms with Gasteiger partial charge in [-0.1, -0.05) is 17.7 Å². The van der Waals surface area contributed by atoms with E-state index < -0.39 is 0 Å². The summed E-state index contributed by atoms with van der Waals surface area (Å²) in [4.78, 5) is 15.8. The molecule has 2 aliphatic rings. The van der Waals surface area contributed by atoms with Crippen LogP contribution in [0.3, 0.4) is 0 Å². The summed E-state index contributed by atoms with van der Waals surface area (Å²) in [5, 5.41) is 3.93. The zero-order valence-corrected chi connectivity index (χ0v) is 13.9. The monoisotopic (exact) mass is 322 g/mol. The molecule has 4 nitrogen and oxygen atoms in total. The van der Waals surface area contributed by atoms with Crippen molar-refractivity contribution in [3.05, 3.63) is 29.3 Å². The summed E-state index contributed by atoms with van der Waals surface area (Å²) in [5.41, 5.74) is 1.18. The number of carbonyl (C=O) groups excluding carboxylic acids is 1. The smallest absolute Gasteiger partial charge is 0.275 e. The fourth-order valence-electron chi connectivity index (χ4n) is 3.18. The molecule has 1 aliphatic heterocycles. The summed E-state index contributed by atoms with van der Waals surface area (Å²) in [6.45, 7) is 6.67. The quantitative estimate of drug-likeness (QED) is 0.847. The molecule has 1 aliphatic carbocycles. The molecular weight excluding hydrogens is 298 g/mol. The second kappa shape index (κ2) is 6.88. The topological polar surface area (TPSA) is 36.8 Å². The van der Waals surface area contributed by atoms with Crippen molar-refractivity contribution in [1.82, 2.24) is 5.32 Å². The Kier molecular flexibility index (Phi) is 4.89. The van der Waals surface area contributed by atoms with Gasteiger partial charge >= 0.3 is 0 Å². The highest BCUT2D eigenvalue weighted by Gasteiger charge is 2.30. The van der Waals surface area contributed by atoms with Gasteiger partial charge in [0.25, 0.3) is 5.91 Å². The van der Waals surface area contributed by atoms with E-state index >= 15 is 0 Å². The van der Waals surface area contributed by atoms with E-state index in [-0.39, 0.29) is 5.91 Å². The maximum atomic E-state index is 12.1. The van der Waals surface area contributed by atoms with E-state index in [1.807, 2.05) is 18.2 Å². The zero-order chi connectivity index (χ0) is 15.5. The van der Waals surface area contributed by atoms with Gasteiger partial charge in [0, 0.05) is 16.8 Å². The van der Waals surface area contributed by atoms with Crippen LogP contribution in [0.1, 0.15) is 19.8 Å². The predicted octanol–water partition coefficient (Wildman–Crippen LogP) is 0.960. The number of nitrogens with zero attached hydrogens (tertiary/aromatic N) is 1. The Morgan fingerprint density at radius 2 is 2.14 bits per heavy atom. The van der Waals surface area contributed by atoms with E-state index in [1.165, 1.54) is 23.4 Å². The summed E-state index contributed by atoms with van der Waals surface area (Å²) in [6, 6.07) is 8.35. The number of hydrogen-bond donors (Lipinski definition) is 2. The van der Waals surface area contributed by atoms with Crippen molar-refractivity contribution in [2.45, 2.75) is 25.8 Å². The van der Waals surface area contributed by atoms with E-state index in [0.717, 1.165) is 37.1 Å². The van der Waals surface area contributed by atoms with E-state index in [0.29, 0.717) is 12.6 Å². The van der Waals surface area contributed by atoms with Gasteiger partial charge in [0.1, 0.15) is 0 Å². The molecule has 1 heterocycles. The van der Waals surface area contributed by atoms with Crippen molar-refractivity contribution in [1.29, 1.82) is 0 Å². The van der Waals surface area contributed by atoms with Gasteiger partial charge in [0.05, 0.1) is 26.2 Å². The molecule has 0 bridgehead atoms. The molecule has 0 spiro atoms. The van der Waals surface area contributed by atoms with Crippen molar-refractivity contribution in [2.24, 2.45) is 5.92 Å². The van der Waals surface area contributed by atoms with Crippen LogP contribution in [-0.4, -0.2) is 44.7 Å². The largest absolute Gasteiger partial charge is 0.360 e. The number of nitrogens with one attached hydrogen (secondary N) is 2. The van der Waals surface area contributed by atoms with Gasteiger partial charge in [-0.05, 0) is 43.9 Å². The molecule has 2 N–H and O–H groups in total. The van der Waals surface area contributed by atoms with Crippen LogP contribution in [0.2, 0.25) is 5.02 Å². The Hall–Kier alpha value is -1.26. The molecule has 22 heavy (non-hydrogen) atoms. The third kappa shape index (κ3) is 4.14. The van der Waals surface area contributed by atoms with Gasteiger partial charge in [-0.25, -0.2) is 0 Å². The number of hydrogen-bond acceptors (Lipinski definition) is 2. The van der Waals surface area contributed by atoms with Crippen molar-refractivity contribution >= 4 is 23.2 Å². The van der Waals surface area contributed by atoms with E-state index in [4.69, 9.17) is 11.6 Å². The lowest BCUT2D eigenvalue weighted by molar-refractivity contribution is -0.892. The first-order chi connectivity index (χ1) is 10.6. The molecule has 1 amide bonds. The Bertz CT molecular complexity index is 524. The molecule has 0 aromatic heterocycles. The van der Waals surface area contributed by atoms with Gasteiger partial charge in [-0.2, -0.15) is 0 Å². The van der Waals surface area contributed by atoms with Crippen LogP contribution in [0.15, 0.2) is 24.3 Å². The average molecular weight is 323 g/mol. The normalized spacial score (nSPS) is 20.7. The molecular formula is C17H25ClN3O+. The Morgan fingerprint density at radius 1 is 1.41 bits per heavy atom. The number of anilines is 1. The standard InChI is InChI=1S/C17H24ClN3O/c1-13(14-5-6-14)19-17(22)12-20-7-9-21(10-8-20)16-4-2-3-15(18)11-16/h2-4,11,13-14H,5-10,12H2,1H3,(H,19,22)/p+1/t13-/m1/s1. The summed E-state index contributed by atoms with van der Waals surface area (Å²) in [6.07, 6.45) is 2.54. The van der Waals surface area contributed by atoms with E-state index in [1.54, 1.807) is 0 Å². The number of rotatable bonds is 5. The minimum atomic E-state index is 0.200. The van der Waals surface area contributed by atoms with E-state index in [9.17, 15) is 4.79 Å². The molecule has 0 unspecified atom stereocenters. The highest BCUT2D eigenvalue weighted by atomic mass is 35.5. The lowest BCUT2D eigenvalue weighted by atomic mass is 10.2. The first-order valence-electron chi connectivity index (χ1n) is 8.25. The maximum absolute atomic E-state index is 12.1. The summed E-state index contributed by atoms with van der Waals surface area (Å²) >= 11 is 6.06. The number of carbonyl (C=O) groups is 1. The van der Waals surface area contributed by atoms with Crippen LogP contribution >= 0.6 is 11.6 Å². The highest BCUT2D eigenvalue weighted by molar-refractivity contribution is 6.30. The minimum absolute atomic E-state index is 0.200. The molecule has 1 saturated carbocycles. The number of piperazine rings is 1. The van der Waals surface area contributed by atoms with Gasteiger partial charge in [0.15, 0.2) is 6.54 Å². The van der Waals surface area contributed by atoms with Gasteiger partial charge in [-0.15, -0.1) is 0 Å². The van der Waals surface area contributed by atoms with Gasteiger partial charge < -0.3 is 15.1 Å². The number of benzene rings is 1. The first-order valence-corrected chi connectivity index (χ1v) is 8.63. The molecule has 0 radical (unpaired) electrons. The average Bonchev–Trinajstić information content (AvgIpc) is 3.32. The number of quaternary nitrogens is 1. The molecule has 120 valence electrons. The van der Waals surface area contributed by atoms with Crippen LogP contribution in [0.25, 0.3) is 0 Å². The third-order valence-electron chi connectivity index (χ3n) is 4.77. The molecule has 3 rings (SSSR count). The molecule has 1 atom stereocenters. The van der Waals surface area contributed by atoms with Crippen molar-refractivity contribution in [3.63, 3.8) is 0 Å². The van der Waals surface area contributed by atoms with Crippen molar-refractivity contribution < 1.29 is 9.69 Å². The number of halogens is 1. The Labute approximate surface area is 137 Å². The summed E-state index contributed by atoms with van der Waals surface area (Å²) in [5.74, 6) is 0.921. The molecule has 1 aromatic carbocycles. The van der Waals surface area contributed by atoms with Gasteiger partial charge in [0.2, 0.25) is 0 Å². The van der Waals surface area contributed by atoms with Crippen LogP contribution in [0.5, 0.6) is 0 Å². The second-order valence-electron chi connectivity index (χ2n) is 6.59. The number of amides is 1. The van der Waals surface area contributed by atoms with Crippen LogP contribution in [0.4, 0.5) is 5.69 Å². The lowest BCUT2D eigenvalue weighted by Gasteiger charge is -2.33. The second-order valence-corrected chi connectivity index (χ2v) is 7.02. The predicted molar refractivity (Wildman–Crippen MR) is 89.6 cm³/mol. The Morgan fingerprint density at radius 3 is 2.77 bits per heavy atom. The summed E-state index contributed by atoms with van der Waals surface area (Å²) in [7, 11) is 0. The minimum Gasteiger partial charge on any atom is -0.360 e. The zero-order valence-electron chi connectivity index (χ0n) is 13.1. The fraction of sp³-hybridized carbons (Fsp3) is 0.588. The van der Waals surface area contributed by atoms with Gasteiger partial charge in [-0.3, -0.25) is 4.79 Å². The van der Waals surface area contributed by atoms with E-state index in [2.05, 4.69) is 23.2 Å². The molecule has 1 saturated heterocycles. The van der Waals surface area contributed by atoms with Crippen LogP contribution < -0.4 is 15.1 Å². The van der Waals surface area contributed by atoms with Crippen LogP contribution in [-0.2, 0) is 4.79 Å². The summed E-state index contributed by atoms with van der Waals surface area (Å²) < 4.78 is 0. The molecule has 1 aromatic rings. The van der Waals surface area contributed by atoms with Crippen LogP contribution in [0, 0.1) is 5.92 Å². The maximum Gasteiger partial charge on any atom is 0.275 e. The lowest BCUT2D eigenvalue weighted by Crippen LogP contribution is -3.16. The van der Waals surface area contributed by atoms with Crippen molar-refractivity contribution in [3.8, 4) is 0 Å². The third-order valence-corrected chi connectivity index (χ3v) is 5.01. The molecule has 5 heteroatoms. The highest BCUT2D eigenvalue weighted by Crippen LogP contribution is 2.32. The Balaban J connectivity index is 1.44. The SMILES string of the molecule is C[C@@H](NC(=O)C[NH+]1CCN(c2cccc(Cl)c2)CC1)C1CC1. The molecule has 2 fully saturated rings. The first kappa shape index (κ1) is 15.6.